The molecule has 1 saturated heterocycles. The number of carbonyl (C=O) groups is 2. The van der Waals surface area contributed by atoms with Crippen molar-refractivity contribution in [3.8, 4) is 0 Å². The standard InChI is InChI=1S/C10H6Cl3NO2/c11-6-2-8(13)9(3-7(6)12)14-4-5(15)1-10(14)16/h2-3H,1,4H2. The van der Waals surface area contributed by atoms with E-state index in [4.69, 9.17) is 34.8 Å². The van der Waals surface area contributed by atoms with Gasteiger partial charge in [-0.25, -0.2) is 0 Å². The van der Waals surface area contributed by atoms with E-state index in [0.717, 1.165) is 0 Å². The van der Waals surface area contributed by atoms with Crippen LogP contribution in [0.1, 0.15) is 6.42 Å². The number of hydrogen-bond donors (Lipinski definition) is 0. The third-order valence-corrected chi connectivity index (χ3v) is 3.29. The van der Waals surface area contributed by atoms with Crippen LogP contribution in [-0.2, 0) is 9.59 Å². The number of carbonyl (C=O) groups excluding carboxylic acids is 2. The van der Waals surface area contributed by atoms with Gasteiger partial charge in [0.1, 0.15) is 0 Å². The van der Waals surface area contributed by atoms with Gasteiger partial charge < -0.3 is 4.90 Å². The molecule has 0 saturated carbocycles. The molecule has 0 aromatic heterocycles. The highest BCUT2D eigenvalue weighted by atomic mass is 35.5. The highest BCUT2D eigenvalue weighted by Gasteiger charge is 2.30. The van der Waals surface area contributed by atoms with Crippen LogP contribution in [0.3, 0.4) is 0 Å². The van der Waals surface area contributed by atoms with Crippen LogP contribution in [0.4, 0.5) is 5.69 Å². The highest BCUT2D eigenvalue weighted by molar-refractivity contribution is 6.44. The normalized spacial score (nSPS) is 16.1. The van der Waals surface area contributed by atoms with Gasteiger partial charge in [-0.05, 0) is 12.1 Å². The minimum atomic E-state index is -0.273. The van der Waals surface area contributed by atoms with Crippen molar-refractivity contribution in [3.05, 3.63) is 27.2 Å². The van der Waals surface area contributed by atoms with Crippen molar-refractivity contribution >= 4 is 52.2 Å². The first-order valence-electron chi connectivity index (χ1n) is 4.45. The number of hydrogen-bond acceptors (Lipinski definition) is 2. The summed E-state index contributed by atoms with van der Waals surface area (Å²) < 4.78 is 0. The molecule has 0 bridgehead atoms. The molecular formula is C10H6Cl3NO2. The van der Waals surface area contributed by atoms with Gasteiger partial charge in [-0.3, -0.25) is 9.59 Å². The van der Waals surface area contributed by atoms with E-state index >= 15 is 0 Å². The summed E-state index contributed by atoms with van der Waals surface area (Å²) in [5, 5.41) is 0.916. The van der Waals surface area contributed by atoms with Crippen LogP contribution < -0.4 is 4.90 Å². The van der Waals surface area contributed by atoms with Gasteiger partial charge in [0.15, 0.2) is 5.78 Å². The predicted octanol–water partition coefficient (Wildman–Crippen LogP) is 2.95. The van der Waals surface area contributed by atoms with Crippen molar-refractivity contribution < 1.29 is 9.59 Å². The van der Waals surface area contributed by atoms with E-state index in [1.165, 1.54) is 17.0 Å². The second kappa shape index (κ2) is 4.24. The summed E-state index contributed by atoms with van der Waals surface area (Å²) in [4.78, 5) is 24.0. The molecule has 3 nitrogen and oxygen atoms in total. The quantitative estimate of drug-likeness (QED) is 0.585. The van der Waals surface area contributed by atoms with Crippen LogP contribution in [0.5, 0.6) is 0 Å². The van der Waals surface area contributed by atoms with Gasteiger partial charge in [0, 0.05) is 0 Å². The average molecular weight is 279 g/mol. The minimum Gasteiger partial charge on any atom is -0.303 e. The Bertz CT molecular complexity index is 487. The Morgan fingerprint density at radius 2 is 1.62 bits per heavy atom. The second-order valence-corrected chi connectivity index (χ2v) is 4.63. The lowest BCUT2D eigenvalue weighted by molar-refractivity contribution is -0.121. The zero-order valence-electron chi connectivity index (χ0n) is 7.97. The van der Waals surface area contributed by atoms with E-state index in [-0.39, 0.29) is 24.7 Å². The summed E-state index contributed by atoms with van der Waals surface area (Å²) >= 11 is 17.6. The van der Waals surface area contributed by atoms with Crippen LogP contribution >= 0.6 is 34.8 Å². The van der Waals surface area contributed by atoms with Crippen molar-refractivity contribution in [1.29, 1.82) is 0 Å². The predicted molar refractivity (Wildman–Crippen MR) is 63.4 cm³/mol. The van der Waals surface area contributed by atoms with E-state index < -0.39 is 0 Å². The molecule has 1 fully saturated rings. The van der Waals surface area contributed by atoms with Crippen LogP contribution in [0.2, 0.25) is 15.1 Å². The van der Waals surface area contributed by atoms with E-state index in [1.54, 1.807) is 0 Å². The molecule has 0 atom stereocenters. The summed E-state index contributed by atoms with van der Waals surface area (Å²) in [5.74, 6) is -0.405. The lowest BCUT2D eigenvalue weighted by Crippen LogP contribution is -2.24. The third kappa shape index (κ3) is 2.03. The molecule has 0 aliphatic carbocycles. The summed E-state index contributed by atoms with van der Waals surface area (Å²) in [6.45, 7) is 0.0382. The van der Waals surface area contributed by atoms with Gasteiger partial charge >= 0.3 is 0 Å². The number of nitrogens with zero attached hydrogens (tertiary/aromatic N) is 1. The van der Waals surface area contributed by atoms with Crippen molar-refractivity contribution in [3.63, 3.8) is 0 Å². The molecule has 84 valence electrons. The van der Waals surface area contributed by atoms with Crippen molar-refractivity contribution in [1.82, 2.24) is 0 Å². The van der Waals surface area contributed by atoms with Crippen molar-refractivity contribution in [2.45, 2.75) is 6.42 Å². The van der Waals surface area contributed by atoms with Gasteiger partial charge in [-0.2, -0.15) is 0 Å². The molecule has 0 spiro atoms. The third-order valence-electron chi connectivity index (χ3n) is 2.26. The first kappa shape index (κ1) is 11.7. The molecule has 16 heavy (non-hydrogen) atoms. The molecule has 1 aromatic rings. The summed E-state index contributed by atoms with van der Waals surface area (Å²) in [6, 6.07) is 2.94. The smallest absolute Gasteiger partial charge is 0.234 e. The molecule has 0 N–H and O–H groups in total. The Morgan fingerprint density at radius 3 is 2.19 bits per heavy atom. The summed E-state index contributed by atoms with van der Waals surface area (Å²) in [7, 11) is 0. The molecule has 2 rings (SSSR count). The van der Waals surface area contributed by atoms with Gasteiger partial charge in [-0.1, -0.05) is 34.8 Å². The fourth-order valence-corrected chi connectivity index (χ4v) is 2.17. The van der Waals surface area contributed by atoms with Gasteiger partial charge in [0.05, 0.1) is 33.7 Å². The van der Waals surface area contributed by atoms with Crippen LogP contribution in [0.15, 0.2) is 12.1 Å². The van der Waals surface area contributed by atoms with Crippen molar-refractivity contribution in [2.75, 3.05) is 11.4 Å². The number of ketones is 1. The Kier molecular flexibility index (Phi) is 3.10. The Balaban J connectivity index is 2.45. The molecule has 0 unspecified atom stereocenters. The Labute approximate surface area is 107 Å². The Hall–Kier alpha value is -0.770. The first-order chi connectivity index (χ1) is 7.49. The topological polar surface area (TPSA) is 37.4 Å². The SMILES string of the molecule is O=C1CC(=O)N(c2cc(Cl)c(Cl)cc2Cl)C1. The lowest BCUT2D eigenvalue weighted by Gasteiger charge is -2.17. The van der Waals surface area contributed by atoms with Crippen molar-refractivity contribution in [2.24, 2.45) is 0 Å². The fraction of sp³-hybridized carbons (Fsp3) is 0.200. The molecule has 1 aliphatic rings. The van der Waals surface area contributed by atoms with Crippen LogP contribution in [0, 0.1) is 0 Å². The number of benzene rings is 1. The molecule has 1 aliphatic heterocycles. The number of rotatable bonds is 1. The monoisotopic (exact) mass is 277 g/mol. The number of halogens is 3. The van der Waals surface area contributed by atoms with Crippen LogP contribution in [0.25, 0.3) is 0 Å². The number of amides is 1. The van der Waals surface area contributed by atoms with E-state index in [0.29, 0.717) is 20.8 Å². The van der Waals surface area contributed by atoms with Gasteiger partial charge in [-0.15, -0.1) is 0 Å². The van der Waals surface area contributed by atoms with E-state index in [9.17, 15) is 9.59 Å². The Morgan fingerprint density at radius 1 is 1.00 bits per heavy atom. The first-order valence-corrected chi connectivity index (χ1v) is 5.59. The zero-order chi connectivity index (χ0) is 11.9. The summed E-state index contributed by atoms with van der Waals surface area (Å²) in [6.07, 6.45) is -0.0867. The number of anilines is 1. The number of Topliss-reactive ketones (excluding diaryl/α,β-unsaturated/α-hetero) is 1. The highest BCUT2D eigenvalue weighted by Crippen LogP contribution is 2.35. The lowest BCUT2D eigenvalue weighted by atomic mass is 10.3. The van der Waals surface area contributed by atoms with Gasteiger partial charge in [0.2, 0.25) is 5.91 Å². The maximum atomic E-state index is 11.5. The molecule has 6 heteroatoms. The molecule has 1 amide bonds. The molecule has 1 heterocycles. The second-order valence-electron chi connectivity index (χ2n) is 3.41. The average Bonchev–Trinajstić information content (AvgIpc) is 2.51. The minimum absolute atomic E-state index is 0.0382. The largest absolute Gasteiger partial charge is 0.303 e. The summed E-state index contributed by atoms with van der Waals surface area (Å²) in [5.41, 5.74) is 0.423. The maximum Gasteiger partial charge on any atom is 0.234 e. The zero-order valence-corrected chi connectivity index (χ0v) is 10.2. The fourth-order valence-electron chi connectivity index (χ4n) is 1.52. The maximum absolute atomic E-state index is 11.5. The van der Waals surface area contributed by atoms with E-state index in [2.05, 4.69) is 0 Å². The van der Waals surface area contributed by atoms with Crippen LogP contribution in [-0.4, -0.2) is 18.2 Å². The molecule has 1 aromatic carbocycles. The van der Waals surface area contributed by atoms with Gasteiger partial charge in [0.25, 0.3) is 0 Å². The van der Waals surface area contributed by atoms with E-state index in [1.807, 2.05) is 0 Å². The molecule has 0 radical (unpaired) electrons. The molecular weight excluding hydrogens is 272 g/mol.